The fourth-order valence-electron chi connectivity index (χ4n) is 4.99. The third kappa shape index (κ3) is 5.53. The van der Waals surface area contributed by atoms with Crippen LogP contribution in [0.4, 0.5) is 30.8 Å². The number of halogens is 3. The van der Waals surface area contributed by atoms with Crippen molar-refractivity contribution in [2.75, 3.05) is 37.0 Å². The number of rotatable bonds is 7. The zero-order chi connectivity index (χ0) is 26.8. The topological polar surface area (TPSA) is 109 Å². The largest absolute Gasteiger partial charge is 0.378 e. The lowest BCUT2D eigenvalue weighted by molar-refractivity contribution is -0.140. The monoisotopic (exact) mass is 532 g/mol. The fraction of sp³-hybridized carbons (Fsp3) is 0.520. The molecule has 3 heterocycles. The molecule has 3 aromatic rings. The molecule has 0 spiro atoms. The zero-order valence-electron chi connectivity index (χ0n) is 21.3. The minimum atomic E-state index is -1.07. The molecule has 1 amide bonds. The highest BCUT2D eigenvalue weighted by atomic mass is 19.1. The second kappa shape index (κ2) is 11.1. The third-order valence-corrected chi connectivity index (χ3v) is 6.88. The van der Waals surface area contributed by atoms with Crippen molar-refractivity contribution < 1.29 is 22.7 Å². The molecular formula is C25H31F3N8O2. The molecule has 2 aliphatic rings. The average molecular weight is 533 g/mol. The number of ether oxygens (including phenoxy) is 1. The van der Waals surface area contributed by atoms with Gasteiger partial charge in [0.1, 0.15) is 17.0 Å². The van der Waals surface area contributed by atoms with Gasteiger partial charge in [-0.1, -0.05) is 0 Å². The number of hydrogen-bond acceptors (Lipinski definition) is 8. The number of benzene rings is 1. The van der Waals surface area contributed by atoms with E-state index in [1.807, 2.05) is 18.7 Å². The van der Waals surface area contributed by atoms with E-state index >= 15 is 0 Å². The van der Waals surface area contributed by atoms with Gasteiger partial charge in [-0.2, -0.15) is 4.98 Å². The Labute approximate surface area is 217 Å². The predicted octanol–water partition coefficient (Wildman–Crippen LogP) is 3.90. The van der Waals surface area contributed by atoms with Crippen LogP contribution < -0.4 is 16.2 Å². The molecule has 1 aliphatic heterocycles. The third-order valence-electron chi connectivity index (χ3n) is 6.88. The smallest absolute Gasteiger partial charge is 0.239 e. The Balaban J connectivity index is 1.44. The van der Waals surface area contributed by atoms with Crippen molar-refractivity contribution in [1.82, 2.24) is 29.8 Å². The number of morpholine rings is 1. The Morgan fingerprint density at radius 1 is 1.05 bits per heavy atom. The van der Waals surface area contributed by atoms with Gasteiger partial charge >= 0.3 is 0 Å². The lowest BCUT2D eigenvalue weighted by Gasteiger charge is -2.34. The van der Waals surface area contributed by atoms with Crippen LogP contribution in [0.3, 0.4) is 0 Å². The van der Waals surface area contributed by atoms with Crippen LogP contribution in [0.1, 0.15) is 45.6 Å². The molecule has 10 nitrogen and oxygen atoms in total. The van der Waals surface area contributed by atoms with Crippen LogP contribution in [0.25, 0.3) is 11.2 Å². The number of nitrogens with one attached hydrogen (secondary N) is 3. The van der Waals surface area contributed by atoms with E-state index in [1.165, 1.54) is 6.20 Å². The summed E-state index contributed by atoms with van der Waals surface area (Å²) in [5.41, 5.74) is 6.38. The molecule has 0 radical (unpaired) electrons. The molecule has 0 unspecified atom stereocenters. The van der Waals surface area contributed by atoms with Gasteiger partial charge in [0.15, 0.2) is 17.3 Å². The maximum absolute atomic E-state index is 14.5. The predicted molar refractivity (Wildman–Crippen MR) is 135 cm³/mol. The molecule has 2 fully saturated rings. The second-order valence-corrected chi connectivity index (χ2v) is 9.94. The van der Waals surface area contributed by atoms with Gasteiger partial charge in [0, 0.05) is 43.2 Å². The number of nitrogens with zero attached hydrogens (tertiary/aromatic N) is 5. The number of amides is 1. The summed E-state index contributed by atoms with van der Waals surface area (Å²) in [5.74, 6) is -2.63. The summed E-state index contributed by atoms with van der Waals surface area (Å²) in [5, 5.41) is 2.72. The molecule has 0 atom stereocenters. The molecule has 13 heteroatoms. The normalized spacial score (nSPS) is 20.2. The van der Waals surface area contributed by atoms with Crippen LogP contribution in [-0.2, 0) is 9.53 Å². The van der Waals surface area contributed by atoms with Crippen molar-refractivity contribution in [2.45, 2.75) is 51.6 Å². The molecule has 38 heavy (non-hydrogen) atoms. The van der Waals surface area contributed by atoms with Gasteiger partial charge in [0.25, 0.3) is 0 Å². The van der Waals surface area contributed by atoms with Crippen molar-refractivity contribution >= 4 is 34.7 Å². The van der Waals surface area contributed by atoms with Crippen LogP contribution >= 0.6 is 0 Å². The van der Waals surface area contributed by atoms with Gasteiger partial charge in [0.2, 0.25) is 17.8 Å². The first-order valence-electron chi connectivity index (χ1n) is 12.8. The van der Waals surface area contributed by atoms with E-state index in [0.29, 0.717) is 81.2 Å². The van der Waals surface area contributed by atoms with E-state index in [9.17, 15) is 18.0 Å². The van der Waals surface area contributed by atoms with Gasteiger partial charge < -0.3 is 15.0 Å². The number of carbonyl (C=O) groups is 1. The number of imidazole rings is 1. The maximum Gasteiger partial charge on any atom is 0.239 e. The highest BCUT2D eigenvalue weighted by molar-refractivity contribution is 5.79. The summed E-state index contributed by atoms with van der Waals surface area (Å²) in [6, 6.07) is 1.21. The minimum absolute atomic E-state index is 0.0929. The molecule has 1 aliphatic carbocycles. The molecule has 2 aromatic heterocycles. The van der Waals surface area contributed by atoms with E-state index in [-0.39, 0.29) is 29.9 Å². The molecule has 204 valence electrons. The Bertz CT molecular complexity index is 1280. The first-order valence-corrected chi connectivity index (χ1v) is 12.8. The molecule has 0 bridgehead atoms. The SMILES string of the molecule is CC(C)NNc1ncc2nc(Nc3c(F)cc(F)cc3F)n([C@H]3CC[C@@H](C(=O)N4CCOCC4)CC3)c2n1. The first kappa shape index (κ1) is 26.2. The summed E-state index contributed by atoms with van der Waals surface area (Å²) in [6.45, 7) is 6.22. The number of anilines is 3. The maximum atomic E-state index is 14.5. The van der Waals surface area contributed by atoms with Gasteiger partial charge in [-0.15, -0.1) is 0 Å². The highest BCUT2D eigenvalue weighted by Crippen LogP contribution is 2.38. The first-order chi connectivity index (χ1) is 18.3. The Morgan fingerprint density at radius 2 is 1.74 bits per heavy atom. The molecule has 1 saturated carbocycles. The fourth-order valence-corrected chi connectivity index (χ4v) is 4.99. The quantitative estimate of drug-likeness (QED) is 0.393. The van der Waals surface area contributed by atoms with Crippen molar-refractivity contribution in [3.63, 3.8) is 0 Å². The van der Waals surface area contributed by atoms with E-state index in [0.717, 1.165) is 0 Å². The molecular weight excluding hydrogens is 501 g/mol. The van der Waals surface area contributed by atoms with Crippen LogP contribution in [0.5, 0.6) is 0 Å². The van der Waals surface area contributed by atoms with Crippen LogP contribution in [0.15, 0.2) is 18.3 Å². The lowest BCUT2D eigenvalue weighted by atomic mass is 9.85. The van der Waals surface area contributed by atoms with Gasteiger partial charge in [-0.05, 0) is 39.5 Å². The molecule has 1 aromatic carbocycles. The number of fused-ring (bicyclic) bond motifs is 1. The molecule has 3 N–H and O–H groups in total. The van der Waals surface area contributed by atoms with E-state index in [1.54, 1.807) is 4.57 Å². The average Bonchev–Trinajstić information content (AvgIpc) is 3.27. The zero-order valence-corrected chi connectivity index (χ0v) is 21.3. The summed E-state index contributed by atoms with van der Waals surface area (Å²) in [6.07, 6.45) is 4.13. The van der Waals surface area contributed by atoms with E-state index < -0.39 is 23.1 Å². The summed E-state index contributed by atoms with van der Waals surface area (Å²) >= 11 is 0. The van der Waals surface area contributed by atoms with E-state index in [4.69, 9.17) is 4.74 Å². The molecule has 5 rings (SSSR count). The number of hydrogen-bond donors (Lipinski definition) is 3. The summed E-state index contributed by atoms with van der Waals surface area (Å²) < 4.78 is 49.7. The Kier molecular flexibility index (Phi) is 7.65. The van der Waals surface area contributed by atoms with E-state index in [2.05, 4.69) is 31.1 Å². The van der Waals surface area contributed by atoms with Crippen molar-refractivity contribution in [2.24, 2.45) is 5.92 Å². The Hall–Kier alpha value is -3.45. The van der Waals surface area contributed by atoms with Gasteiger partial charge in [-0.25, -0.2) is 28.6 Å². The standard InChI is InChI=1S/C25H31F3N8O2/c1-14(2)33-34-24-29-13-20-22(32-24)36(25(30-20)31-21-18(27)11-16(26)12-19(21)28)17-5-3-15(4-6-17)23(37)35-7-9-38-10-8-35/h11-15,17,33H,3-10H2,1-2H3,(H,30,31)(H,29,32,34)/t15-,17+. The molecule has 1 saturated heterocycles. The highest BCUT2D eigenvalue weighted by Gasteiger charge is 2.33. The van der Waals surface area contributed by atoms with Crippen LogP contribution in [-0.4, -0.2) is 62.7 Å². The van der Waals surface area contributed by atoms with Crippen molar-refractivity contribution in [3.8, 4) is 0 Å². The van der Waals surface area contributed by atoms with Crippen LogP contribution in [0, 0.1) is 23.4 Å². The van der Waals surface area contributed by atoms with Gasteiger partial charge in [-0.3, -0.25) is 14.8 Å². The minimum Gasteiger partial charge on any atom is -0.378 e. The lowest BCUT2D eigenvalue weighted by Crippen LogP contribution is -2.44. The summed E-state index contributed by atoms with van der Waals surface area (Å²) in [7, 11) is 0. The second-order valence-electron chi connectivity index (χ2n) is 9.94. The number of aromatic nitrogens is 4. The van der Waals surface area contributed by atoms with Crippen molar-refractivity contribution in [1.29, 1.82) is 0 Å². The summed E-state index contributed by atoms with van der Waals surface area (Å²) in [4.78, 5) is 28.3. The number of carbonyl (C=O) groups excluding carboxylic acids is 1. The Morgan fingerprint density at radius 3 is 2.39 bits per heavy atom. The number of hydrazine groups is 1. The van der Waals surface area contributed by atoms with Crippen LogP contribution in [0.2, 0.25) is 0 Å². The van der Waals surface area contributed by atoms with Gasteiger partial charge in [0.05, 0.1) is 19.4 Å². The van der Waals surface area contributed by atoms with Crippen molar-refractivity contribution in [3.05, 3.63) is 35.8 Å².